The molecule has 1 aliphatic heterocycles. The topological polar surface area (TPSA) is 172 Å². The van der Waals surface area contributed by atoms with E-state index in [-0.39, 0.29) is 47.4 Å². The van der Waals surface area contributed by atoms with E-state index >= 15 is 0 Å². The first-order chi connectivity index (χ1) is 26.5. The minimum Gasteiger partial charge on any atom is -0.449 e. The summed E-state index contributed by atoms with van der Waals surface area (Å²) in [6, 6.07) is 5.06. The molecule has 2 saturated carbocycles. The fourth-order valence-electron chi connectivity index (χ4n) is 8.42. The largest absolute Gasteiger partial charge is 0.511 e. The number of fused-ring (bicyclic) bond motifs is 1. The van der Waals surface area contributed by atoms with Crippen molar-refractivity contribution in [1.82, 2.24) is 10.2 Å². The third-order valence-electron chi connectivity index (χ3n) is 11.1. The number of hydrogen-bond acceptors (Lipinski definition) is 11. The third-order valence-corrected chi connectivity index (χ3v) is 11.1. The molecule has 3 fully saturated rings. The highest BCUT2D eigenvalue weighted by atomic mass is 19.1. The Morgan fingerprint density at radius 3 is 2.23 bits per heavy atom. The molecule has 5 rings (SSSR count). The SMILES string of the molecule is COC1CCC([C@@H]2CCN(C(=O)[C@H]3CC[C@H]([C@@H](CF)NC(=O)OC(C)(C)C)CC3)[C@@H]2C(=O)Nc2ccc3oc(C(=O)OC(C)OC(=O)OC(C)C)cc3c2)CC1. The van der Waals surface area contributed by atoms with Gasteiger partial charge < -0.3 is 43.6 Å². The van der Waals surface area contributed by atoms with Crippen LogP contribution >= 0.6 is 0 Å². The molecule has 2 aromatic rings. The molecule has 1 aromatic carbocycles. The summed E-state index contributed by atoms with van der Waals surface area (Å²) in [5.41, 5.74) is 0.135. The maximum atomic E-state index is 14.3. The smallest absolute Gasteiger partial charge is 0.449 e. The van der Waals surface area contributed by atoms with Crippen molar-refractivity contribution in [2.24, 2.45) is 23.7 Å². The number of carbonyl (C=O) groups excluding carboxylic acids is 5. The first kappa shape index (κ1) is 42.7. The van der Waals surface area contributed by atoms with Crippen LogP contribution in [0, 0.1) is 23.7 Å². The fraction of sp³-hybridized carbons (Fsp3) is 0.683. The number of ether oxygens (including phenoxy) is 5. The molecule has 2 heterocycles. The van der Waals surface area contributed by atoms with Gasteiger partial charge in [0.25, 0.3) is 0 Å². The number of hydrogen-bond donors (Lipinski definition) is 2. The zero-order valence-electron chi connectivity index (χ0n) is 33.6. The van der Waals surface area contributed by atoms with Gasteiger partial charge in [0, 0.05) is 37.6 Å². The third kappa shape index (κ3) is 11.1. The Bertz CT molecular complexity index is 1690. The lowest BCUT2D eigenvalue weighted by Crippen LogP contribution is -2.50. The predicted molar refractivity (Wildman–Crippen MR) is 203 cm³/mol. The Balaban J connectivity index is 1.26. The summed E-state index contributed by atoms with van der Waals surface area (Å²) in [5.74, 6) is -1.58. The lowest BCUT2D eigenvalue weighted by molar-refractivity contribution is -0.142. The van der Waals surface area contributed by atoms with Gasteiger partial charge in [0.15, 0.2) is 0 Å². The van der Waals surface area contributed by atoms with Crippen LogP contribution in [0.15, 0.2) is 28.7 Å². The lowest BCUT2D eigenvalue weighted by atomic mass is 9.75. The van der Waals surface area contributed by atoms with Gasteiger partial charge in [-0.1, -0.05) is 0 Å². The van der Waals surface area contributed by atoms with Crippen LogP contribution < -0.4 is 10.6 Å². The van der Waals surface area contributed by atoms with E-state index in [2.05, 4.69) is 10.6 Å². The number of esters is 1. The van der Waals surface area contributed by atoms with Crippen molar-refractivity contribution in [2.45, 2.75) is 136 Å². The summed E-state index contributed by atoms with van der Waals surface area (Å²) in [5, 5.41) is 6.25. The number of halogens is 1. The van der Waals surface area contributed by atoms with Crippen LogP contribution in [0.2, 0.25) is 0 Å². The molecule has 0 bridgehead atoms. The Morgan fingerprint density at radius 2 is 1.61 bits per heavy atom. The zero-order chi connectivity index (χ0) is 40.7. The van der Waals surface area contributed by atoms with Crippen molar-refractivity contribution in [1.29, 1.82) is 0 Å². The minimum absolute atomic E-state index is 0.0388. The van der Waals surface area contributed by atoms with Gasteiger partial charge >= 0.3 is 18.2 Å². The second-order valence-electron chi connectivity index (χ2n) is 16.6. The van der Waals surface area contributed by atoms with Crippen LogP contribution in [0.5, 0.6) is 0 Å². The van der Waals surface area contributed by atoms with Crippen LogP contribution in [-0.2, 0) is 33.3 Å². The number of rotatable bonds is 12. The summed E-state index contributed by atoms with van der Waals surface area (Å²) in [6.07, 6.45) is 3.40. The number of nitrogens with one attached hydrogen (secondary N) is 2. The van der Waals surface area contributed by atoms with E-state index in [0.717, 1.165) is 25.7 Å². The molecule has 15 heteroatoms. The number of carbonyl (C=O) groups is 5. The monoisotopic (exact) mass is 787 g/mol. The molecular formula is C41H58FN3O11. The van der Waals surface area contributed by atoms with Crippen LogP contribution in [0.4, 0.5) is 19.7 Å². The second-order valence-corrected chi connectivity index (χ2v) is 16.6. The molecule has 1 saturated heterocycles. The van der Waals surface area contributed by atoms with Crippen molar-refractivity contribution in [2.75, 3.05) is 25.6 Å². The van der Waals surface area contributed by atoms with Crippen LogP contribution in [0.25, 0.3) is 11.0 Å². The Morgan fingerprint density at radius 1 is 0.911 bits per heavy atom. The Kier molecular flexibility index (Phi) is 14.3. The number of alkyl halides is 1. The van der Waals surface area contributed by atoms with Gasteiger partial charge in [-0.2, -0.15) is 0 Å². The summed E-state index contributed by atoms with van der Waals surface area (Å²) in [4.78, 5) is 67.3. The van der Waals surface area contributed by atoms with E-state index in [1.54, 1.807) is 64.8 Å². The Labute approximate surface area is 327 Å². The molecule has 1 unspecified atom stereocenters. The first-order valence-corrected chi connectivity index (χ1v) is 19.9. The molecule has 3 aliphatic rings. The number of benzene rings is 1. The molecule has 1 aromatic heterocycles. The van der Waals surface area contributed by atoms with E-state index in [9.17, 15) is 28.4 Å². The zero-order valence-corrected chi connectivity index (χ0v) is 33.6. The number of anilines is 1. The first-order valence-electron chi connectivity index (χ1n) is 19.9. The number of methoxy groups -OCH3 is 1. The van der Waals surface area contributed by atoms with Gasteiger partial charge in [-0.3, -0.25) is 9.59 Å². The molecule has 56 heavy (non-hydrogen) atoms. The summed E-state index contributed by atoms with van der Waals surface area (Å²) in [6.45, 7) is 9.68. The Hall–Kier alpha value is -4.40. The van der Waals surface area contributed by atoms with Crippen molar-refractivity contribution < 1.29 is 56.5 Å². The maximum absolute atomic E-state index is 14.3. The van der Waals surface area contributed by atoms with E-state index in [1.807, 2.05) is 0 Å². The number of nitrogens with zero attached hydrogens (tertiary/aromatic N) is 1. The second kappa shape index (κ2) is 18.7. The highest BCUT2D eigenvalue weighted by Crippen LogP contribution is 2.42. The number of amides is 3. The highest BCUT2D eigenvalue weighted by Gasteiger charge is 2.47. The summed E-state index contributed by atoms with van der Waals surface area (Å²) >= 11 is 0. The average Bonchev–Trinajstić information content (AvgIpc) is 3.78. The quantitative estimate of drug-likeness (QED) is 0.124. The molecular weight excluding hydrogens is 729 g/mol. The molecule has 0 radical (unpaired) electrons. The molecule has 14 nitrogen and oxygen atoms in total. The average molecular weight is 788 g/mol. The van der Waals surface area contributed by atoms with Gasteiger partial charge in [-0.15, -0.1) is 0 Å². The van der Waals surface area contributed by atoms with Crippen LogP contribution in [0.3, 0.4) is 0 Å². The van der Waals surface area contributed by atoms with E-state index in [0.29, 0.717) is 55.3 Å². The van der Waals surface area contributed by atoms with E-state index in [1.165, 1.54) is 13.0 Å². The van der Waals surface area contributed by atoms with E-state index in [4.69, 9.17) is 28.1 Å². The van der Waals surface area contributed by atoms with Crippen LogP contribution in [-0.4, -0.2) is 91.4 Å². The van der Waals surface area contributed by atoms with Gasteiger partial charge in [0.2, 0.25) is 23.9 Å². The molecule has 2 N–H and O–H groups in total. The maximum Gasteiger partial charge on any atom is 0.511 e. The molecule has 0 spiro atoms. The van der Waals surface area contributed by atoms with Crippen molar-refractivity contribution >= 4 is 46.7 Å². The van der Waals surface area contributed by atoms with E-state index < -0.39 is 55.0 Å². The number of alkyl carbamates (subject to hydrolysis) is 1. The van der Waals surface area contributed by atoms with Gasteiger partial charge in [-0.05, 0) is 134 Å². The summed E-state index contributed by atoms with van der Waals surface area (Å²) in [7, 11) is 1.72. The lowest BCUT2D eigenvalue weighted by Gasteiger charge is -2.38. The van der Waals surface area contributed by atoms with Gasteiger partial charge in [0.1, 0.15) is 23.9 Å². The highest BCUT2D eigenvalue weighted by molar-refractivity contribution is 6.00. The van der Waals surface area contributed by atoms with Gasteiger partial charge in [-0.25, -0.2) is 18.8 Å². The van der Waals surface area contributed by atoms with Crippen molar-refractivity contribution in [3.63, 3.8) is 0 Å². The molecule has 2 aliphatic carbocycles. The number of furan rings is 1. The fourth-order valence-corrected chi connectivity index (χ4v) is 8.42. The van der Waals surface area contributed by atoms with Gasteiger partial charge in [0.05, 0.1) is 18.2 Å². The predicted octanol–water partition coefficient (Wildman–Crippen LogP) is 7.53. The molecule has 3 amide bonds. The summed E-state index contributed by atoms with van der Waals surface area (Å²) < 4.78 is 45.8. The van der Waals surface area contributed by atoms with Crippen molar-refractivity contribution in [3.05, 3.63) is 30.0 Å². The molecule has 310 valence electrons. The normalized spacial score (nSPS) is 25.3. The standard InChI is InChI=1S/C41H58FN3O11/c1-23(2)52-40(50)54-24(3)53-38(48)34-21-28-20-29(14-17-33(28)55-34)43-36(46)35-31(25-12-15-30(51-7)16-13-25)18-19-45(35)37(47)27-10-8-26(9-11-27)32(22-42)44-39(49)56-41(4,5)6/h14,17,20-21,23-27,30-32,35H,8-13,15-16,18-19,22H2,1-7H3,(H,43,46)(H,44,49)/t24?,25?,26-,27-,30?,31-,32+,35-/m0/s1. The number of likely N-dealkylation sites (tertiary alicyclic amines) is 1. The van der Waals surface area contributed by atoms with Crippen LogP contribution in [0.1, 0.15) is 110 Å². The molecule has 4 atom stereocenters. The minimum atomic E-state index is -1.23. The van der Waals surface area contributed by atoms with Crippen molar-refractivity contribution in [3.8, 4) is 0 Å².